The summed E-state index contributed by atoms with van der Waals surface area (Å²) in [7, 11) is 0. The highest BCUT2D eigenvalue weighted by molar-refractivity contribution is 8.00. The van der Waals surface area contributed by atoms with Gasteiger partial charge in [0.1, 0.15) is 0 Å². The van der Waals surface area contributed by atoms with Crippen molar-refractivity contribution in [2.24, 2.45) is 0 Å². The summed E-state index contributed by atoms with van der Waals surface area (Å²) >= 11 is 1.59. The minimum Gasteiger partial charge on any atom is -0.351 e. The monoisotopic (exact) mass is 299 g/mol. The molecule has 0 heterocycles. The van der Waals surface area contributed by atoms with Crippen LogP contribution in [0.5, 0.6) is 0 Å². The number of carbonyl (C=O) groups is 1. The molecule has 0 spiro atoms. The maximum Gasteiger partial charge on any atom is 0.233 e. The van der Waals surface area contributed by atoms with Crippen molar-refractivity contribution in [3.05, 3.63) is 65.2 Å². The Morgan fingerprint density at radius 1 is 1.10 bits per heavy atom. The first-order chi connectivity index (χ1) is 10.1. The highest BCUT2D eigenvalue weighted by Gasteiger charge is 2.14. The van der Waals surface area contributed by atoms with Crippen molar-refractivity contribution >= 4 is 17.7 Å². The number of rotatable bonds is 5. The largest absolute Gasteiger partial charge is 0.351 e. The lowest BCUT2D eigenvalue weighted by Gasteiger charge is -2.13. The molecular weight excluding hydrogens is 278 g/mol. The van der Waals surface area contributed by atoms with Gasteiger partial charge in [-0.05, 0) is 44.0 Å². The van der Waals surface area contributed by atoms with Gasteiger partial charge in [0.15, 0.2) is 0 Å². The van der Waals surface area contributed by atoms with E-state index < -0.39 is 0 Å². The molecule has 0 unspecified atom stereocenters. The smallest absolute Gasteiger partial charge is 0.233 e. The Labute approximate surface area is 131 Å². The van der Waals surface area contributed by atoms with E-state index in [2.05, 4.69) is 49.5 Å². The van der Waals surface area contributed by atoms with E-state index in [1.54, 1.807) is 11.8 Å². The van der Waals surface area contributed by atoms with Crippen LogP contribution < -0.4 is 5.32 Å². The fourth-order valence-electron chi connectivity index (χ4n) is 2.01. The van der Waals surface area contributed by atoms with Gasteiger partial charge in [-0.1, -0.05) is 42.0 Å². The summed E-state index contributed by atoms with van der Waals surface area (Å²) in [5.74, 6) is 0.0730. The molecule has 0 aliphatic carbocycles. The van der Waals surface area contributed by atoms with Gasteiger partial charge < -0.3 is 5.32 Å². The third kappa shape index (κ3) is 4.64. The highest BCUT2D eigenvalue weighted by atomic mass is 32.2. The maximum absolute atomic E-state index is 12.2. The van der Waals surface area contributed by atoms with E-state index >= 15 is 0 Å². The first kappa shape index (κ1) is 15.6. The van der Waals surface area contributed by atoms with Crippen LogP contribution in [0.15, 0.2) is 53.4 Å². The quantitative estimate of drug-likeness (QED) is 0.842. The van der Waals surface area contributed by atoms with Crippen LogP contribution in [0.1, 0.15) is 23.6 Å². The Morgan fingerprint density at radius 2 is 1.76 bits per heavy atom. The number of hydrogen-bond donors (Lipinski definition) is 1. The van der Waals surface area contributed by atoms with Crippen LogP contribution >= 0.6 is 11.8 Å². The average molecular weight is 299 g/mol. The van der Waals surface area contributed by atoms with Crippen LogP contribution in [0.3, 0.4) is 0 Å². The standard InChI is InChI=1S/C18H21NOS/c1-13-8-10-17(11-9-13)21-15(3)18(20)19-12-16-7-5-4-6-14(16)2/h4-11,15H,12H2,1-3H3,(H,19,20)/t15-/m0/s1. The van der Waals surface area contributed by atoms with Gasteiger partial charge in [-0.25, -0.2) is 0 Å². The van der Waals surface area contributed by atoms with Crippen molar-refractivity contribution in [1.29, 1.82) is 0 Å². The molecule has 1 atom stereocenters. The summed E-state index contributed by atoms with van der Waals surface area (Å²) < 4.78 is 0. The van der Waals surface area contributed by atoms with Gasteiger partial charge in [-0.15, -0.1) is 11.8 Å². The molecule has 2 nitrogen and oxygen atoms in total. The lowest BCUT2D eigenvalue weighted by Crippen LogP contribution is -2.30. The molecule has 1 N–H and O–H groups in total. The number of hydrogen-bond acceptors (Lipinski definition) is 2. The SMILES string of the molecule is Cc1ccc(S[C@@H](C)C(=O)NCc2ccccc2C)cc1. The van der Waals surface area contributed by atoms with Gasteiger partial charge in [-0.3, -0.25) is 4.79 Å². The van der Waals surface area contributed by atoms with Crippen molar-refractivity contribution in [3.63, 3.8) is 0 Å². The maximum atomic E-state index is 12.2. The first-order valence-corrected chi connectivity index (χ1v) is 8.00. The third-order valence-electron chi connectivity index (χ3n) is 3.42. The second-order valence-corrected chi connectivity index (χ2v) is 6.63. The lowest BCUT2D eigenvalue weighted by atomic mass is 10.1. The number of amides is 1. The normalized spacial score (nSPS) is 12.0. The topological polar surface area (TPSA) is 29.1 Å². The predicted octanol–water partition coefficient (Wildman–Crippen LogP) is 4.10. The third-order valence-corrected chi connectivity index (χ3v) is 4.53. The summed E-state index contributed by atoms with van der Waals surface area (Å²) in [4.78, 5) is 13.3. The van der Waals surface area contributed by atoms with Gasteiger partial charge in [0, 0.05) is 11.4 Å². The van der Waals surface area contributed by atoms with Crippen LogP contribution in [0.25, 0.3) is 0 Å². The van der Waals surface area contributed by atoms with Crippen molar-refractivity contribution in [3.8, 4) is 0 Å². The average Bonchev–Trinajstić information content (AvgIpc) is 2.48. The summed E-state index contributed by atoms with van der Waals surface area (Å²) in [6.45, 7) is 6.65. The molecule has 110 valence electrons. The van der Waals surface area contributed by atoms with Crippen LogP contribution in [0.4, 0.5) is 0 Å². The van der Waals surface area contributed by atoms with Crippen molar-refractivity contribution in [2.75, 3.05) is 0 Å². The molecule has 0 aliphatic heterocycles. The molecule has 0 aliphatic rings. The van der Waals surface area contributed by atoms with Crippen LogP contribution in [0.2, 0.25) is 0 Å². The fraction of sp³-hybridized carbons (Fsp3) is 0.278. The zero-order valence-electron chi connectivity index (χ0n) is 12.7. The molecule has 1 amide bonds. The molecule has 2 rings (SSSR count). The summed E-state index contributed by atoms with van der Waals surface area (Å²) in [6, 6.07) is 16.4. The Kier molecular flexibility index (Phi) is 5.45. The molecule has 0 fully saturated rings. The van der Waals surface area contributed by atoms with Gasteiger partial charge in [0.2, 0.25) is 5.91 Å². The van der Waals surface area contributed by atoms with Crippen LogP contribution in [-0.4, -0.2) is 11.2 Å². The number of carbonyl (C=O) groups excluding carboxylic acids is 1. The van der Waals surface area contributed by atoms with Crippen molar-refractivity contribution < 1.29 is 4.79 Å². The first-order valence-electron chi connectivity index (χ1n) is 7.12. The molecule has 0 aromatic heterocycles. The number of thioether (sulfide) groups is 1. The molecule has 0 radical (unpaired) electrons. The minimum absolute atomic E-state index is 0.0730. The second kappa shape index (κ2) is 7.32. The predicted molar refractivity (Wildman–Crippen MR) is 89.5 cm³/mol. The second-order valence-electron chi connectivity index (χ2n) is 5.22. The lowest BCUT2D eigenvalue weighted by molar-refractivity contribution is -0.120. The summed E-state index contributed by atoms with van der Waals surface area (Å²) in [5.41, 5.74) is 3.60. The van der Waals surface area contributed by atoms with Crippen molar-refractivity contribution in [1.82, 2.24) is 5.32 Å². The van der Waals surface area contributed by atoms with E-state index in [0.29, 0.717) is 6.54 Å². The van der Waals surface area contributed by atoms with Crippen LogP contribution in [0, 0.1) is 13.8 Å². The van der Waals surface area contributed by atoms with Crippen LogP contribution in [-0.2, 0) is 11.3 Å². The number of benzene rings is 2. The Balaban J connectivity index is 1.88. The van der Waals surface area contributed by atoms with Gasteiger partial charge >= 0.3 is 0 Å². The molecule has 0 bridgehead atoms. The van der Waals surface area contributed by atoms with Gasteiger partial charge in [0.25, 0.3) is 0 Å². The van der Waals surface area contributed by atoms with E-state index in [-0.39, 0.29) is 11.2 Å². The fourth-order valence-corrected chi connectivity index (χ4v) is 2.90. The van der Waals surface area contributed by atoms with E-state index in [1.807, 2.05) is 25.1 Å². The van der Waals surface area contributed by atoms with E-state index in [0.717, 1.165) is 4.90 Å². The Bertz CT molecular complexity index is 607. The highest BCUT2D eigenvalue weighted by Crippen LogP contribution is 2.23. The number of aryl methyl sites for hydroxylation is 2. The Hall–Kier alpha value is -1.74. The van der Waals surface area contributed by atoms with E-state index in [9.17, 15) is 4.79 Å². The molecule has 2 aromatic rings. The zero-order valence-corrected chi connectivity index (χ0v) is 13.5. The molecule has 2 aromatic carbocycles. The molecule has 0 saturated carbocycles. The molecule has 3 heteroatoms. The van der Waals surface area contributed by atoms with Gasteiger partial charge in [0.05, 0.1) is 5.25 Å². The molecular formula is C18H21NOS. The molecule has 21 heavy (non-hydrogen) atoms. The van der Waals surface area contributed by atoms with Gasteiger partial charge in [-0.2, -0.15) is 0 Å². The molecule has 0 saturated heterocycles. The number of nitrogens with one attached hydrogen (secondary N) is 1. The Morgan fingerprint density at radius 3 is 2.43 bits per heavy atom. The van der Waals surface area contributed by atoms with E-state index in [4.69, 9.17) is 0 Å². The summed E-state index contributed by atoms with van der Waals surface area (Å²) in [5, 5.41) is 2.91. The van der Waals surface area contributed by atoms with E-state index in [1.165, 1.54) is 16.7 Å². The summed E-state index contributed by atoms with van der Waals surface area (Å²) in [6.07, 6.45) is 0. The zero-order chi connectivity index (χ0) is 15.2. The van der Waals surface area contributed by atoms with Crippen molar-refractivity contribution in [2.45, 2.75) is 37.5 Å². The minimum atomic E-state index is -0.100.